The van der Waals surface area contributed by atoms with Gasteiger partial charge in [-0.15, -0.1) is 11.3 Å². The van der Waals surface area contributed by atoms with Gasteiger partial charge in [-0.05, 0) is 38.0 Å². The lowest BCUT2D eigenvalue weighted by atomic mass is 10.1. The largest absolute Gasteiger partial charge is 0.480 e. The van der Waals surface area contributed by atoms with Crippen LogP contribution in [0, 0.1) is 20.8 Å². The molecule has 29 heavy (non-hydrogen) atoms. The normalized spacial score (nSPS) is 11.2. The summed E-state index contributed by atoms with van der Waals surface area (Å²) in [5.74, 6) is -0.460. The number of carbonyl (C=O) groups excluding carboxylic acids is 1. The highest BCUT2D eigenvalue weighted by molar-refractivity contribution is 7.92. The van der Waals surface area contributed by atoms with E-state index < -0.39 is 10.0 Å². The second-order valence-electron chi connectivity index (χ2n) is 6.32. The summed E-state index contributed by atoms with van der Waals surface area (Å²) in [6, 6.07) is 6.79. The zero-order chi connectivity index (χ0) is 21.2. The first-order valence-electron chi connectivity index (χ1n) is 8.57. The number of hydrogen-bond donors (Lipinski definition) is 2. The van der Waals surface area contributed by atoms with Crippen molar-refractivity contribution in [3.63, 3.8) is 0 Å². The Morgan fingerprint density at radius 1 is 1.14 bits per heavy atom. The Morgan fingerprint density at radius 3 is 2.41 bits per heavy atom. The lowest BCUT2D eigenvalue weighted by Gasteiger charge is -2.15. The molecule has 0 radical (unpaired) electrons. The smallest absolute Gasteiger partial charge is 0.267 e. The number of nitrogens with one attached hydrogen (secondary N) is 2. The monoisotopic (exact) mass is 432 g/mol. The van der Waals surface area contributed by atoms with Crippen LogP contribution >= 0.6 is 11.3 Å². The molecule has 0 saturated carbocycles. The zero-order valence-corrected chi connectivity index (χ0v) is 17.9. The van der Waals surface area contributed by atoms with Crippen LogP contribution in [0.4, 0.5) is 11.4 Å². The fourth-order valence-electron chi connectivity index (χ4n) is 2.72. The number of amides is 1. The van der Waals surface area contributed by atoms with E-state index in [0.29, 0.717) is 16.3 Å². The first kappa shape index (κ1) is 20.7. The van der Waals surface area contributed by atoms with Crippen LogP contribution in [0.15, 0.2) is 40.9 Å². The molecule has 10 heteroatoms. The number of nitrogens with zero attached hydrogens (tertiary/aromatic N) is 2. The molecule has 3 aromatic rings. The van der Waals surface area contributed by atoms with Gasteiger partial charge in [-0.3, -0.25) is 9.52 Å². The van der Waals surface area contributed by atoms with E-state index in [1.54, 1.807) is 12.4 Å². The van der Waals surface area contributed by atoms with Gasteiger partial charge in [0.05, 0.1) is 35.9 Å². The highest BCUT2D eigenvalue weighted by Gasteiger charge is 2.24. The predicted molar refractivity (Wildman–Crippen MR) is 112 cm³/mol. The van der Waals surface area contributed by atoms with Crippen LogP contribution in [0.25, 0.3) is 0 Å². The van der Waals surface area contributed by atoms with Gasteiger partial charge >= 0.3 is 0 Å². The van der Waals surface area contributed by atoms with Crippen molar-refractivity contribution in [2.75, 3.05) is 17.1 Å². The molecule has 152 valence electrons. The quantitative estimate of drug-likeness (QED) is 0.617. The van der Waals surface area contributed by atoms with E-state index in [0.717, 1.165) is 11.1 Å². The van der Waals surface area contributed by atoms with Crippen LogP contribution in [0.3, 0.4) is 0 Å². The molecule has 3 rings (SSSR count). The molecule has 2 N–H and O–H groups in total. The number of methoxy groups -OCH3 is 1. The van der Waals surface area contributed by atoms with Crippen molar-refractivity contribution in [2.24, 2.45) is 0 Å². The number of anilines is 2. The number of benzene rings is 1. The first-order valence-corrected chi connectivity index (χ1v) is 10.9. The maximum atomic E-state index is 13.1. The predicted octanol–water partition coefficient (Wildman–Crippen LogP) is 3.53. The van der Waals surface area contributed by atoms with Crippen LogP contribution in [0.2, 0.25) is 0 Å². The zero-order valence-electron chi connectivity index (χ0n) is 16.3. The maximum Gasteiger partial charge on any atom is 0.267 e. The standard InChI is InChI=1S/C19H20N4O4S2/c1-11-6-5-7-12(2)16(11)23-29(25,26)15-8-14(9-20-19(15)27-4)22-18(24)17-13(3)21-10-28-17/h5-10,23H,1-4H3,(H,22,24). The number of hydrogen-bond acceptors (Lipinski definition) is 7. The van der Waals surface area contributed by atoms with Gasteiger partial charge in [-0.25, -0.2) is 18.4 Å². The fraction of sp³-hybridized carbons (Fsp3) is 0.211. The van der Waals surface area contributed by atoms with Crippen LogP contribution in [0.5, 0.6) is 5.88 Å². The number of pyridine rings is 1. The average Bonchev–Trinajstić information content (AvgIpc) is 3.11. The fourth-order valence-corrected chi connectivity index (χ4v) is 4.76. The van der Waals surface area contributed by atoms with E-state index in [-0.39, 0.29) is 22.4 Å². The molecule has 0 bridgehead atoms. The van der Waals surface area contributed by atoms with Gasteiger partial charge in [0.25, 0.3) is 15.9 Å². The number of carbonyl (C=O) groups is 1. The molecule has 0 aliphatic rings. The van der Waals surface area contributed by atoms with Gasteiger partial charge in [-0.1, -0.05) is 18.2 Å². The SMILES string of the molecule is COc1ncc(NC(=O)c2scnc2C)cc1S(=O)(=O)Nc1c(C)cccc1C. The van der Waals surface area contributed by atoms with Gasteiger partial charge in [0.2, 0.25) is 5.88 Å². The number of aryl methyl sites for hydroxylation is 3. The average molecular weight is 433 g/mol. The second kappa shape index (κ2) is 8.18. The lowest BCUT2D eigenvalue weighted by molar-refractivity contribution is 0.102. The highest BCUT2D eigenvalue weighted by Crippen LogP contribution is 2.29. The first-order chi connectivity index (χ1) is 13.7. The Bertz CT molecular complexity index is 1150. The summed E-state index contributed by atoms with van der Waals surface area (Å²) in [6.45, 7) is 5.35. The van der Waals surface area contributed by atoms with E-state index >= 15 is 0 Å². The third-order valence-corrected chi connectivity index (χ3v) is 6.50. The molecule has 0 aliphatic heterocycles. The molecule has 2 heterocycles. The van der Waals surface area contributed by atoms with Crippen molar-refractivity contribution >= 4 is 38.6 Å². The number of rotatable bonds is 6. The van der Waals surface area contributed by atoms with Crippen LogP contribution in [0.1, 0.15) is 26.5 Å². The molecule has 0 spiro atoms. The summed E-state index contributed by atoms with van der Waals surface area (Å²) in [5.41, 5.74) is 4.45. The van der Waals surface area contributed by atoms with Gasteiger partial charge in [0, 0.05) is 0 Å². The number of ether oxygens (including phenoxy) is 1. The summed E-state index contributed by atoms with van der Waals surface area (Å²) in [7, 11) is -2.69. The van der Waals surface area contributed by atoms with E-state index in [1.807, 2.05) is 32.0 Å². The molecular formula is C19H20N4O4S2. The van der Waals surface area contributed by atoms with E-state index in [1.165, 1.54) is 30.7 Å². The van der Waals surface area contributed by atoms with Gasteiger partial charge in [0.1, 0.15) is 4.88 Å². The number of thiazole rings is 1. The third-order valence-electron chi connectivity index (χ3n) is 4.23. The number of sulfonamides is 1. The number of aromatic nitrogens is 2. The van der Waals surface area contributed by atoms with Gasteiger partial charge in [0.15, 0.2) is 4.90 Å². The molecule has 0 unspecified atom stereocenters. The molecule has 0 fully saturated rings. The molecule has 0 atom stereocenters. The topological polar surface area (TPSA) is 110 Å². The van der Waals surface area contributed by atoms with Crippen molar-refractivity contribution in [1.82, 2.24) is 9.97 Å². The summed E-state index contributed by atoms with van der Waals surface area (Å²) in [6.07, 6.45) is 1.34. The van der Waals surface area contributed by atoms with Crippen molar-refractivity contribution in [3.8, 4) is 5.88 Å². The molecule has 1 amide bonds. The molecule has 8 nitrogen and oxygen atoms in total. The highest BCUT2D eigenvalue weighted by atomic mass is 32.2. The minimum absolute atomic E-state index is 0.0734. The summed E-state index contributed by atoms with van der Waals surface area (Å²) >= 11 is 1.20. The Kier molecular flexibility index (Phi) is 5.85. The van der Waals surface area contributed by atoms with E-state index in [4.69, 9.17) is 4.74 Å². The molecular weight excluding hydrogens is 412 g/mol. The van der Waals surface area contributed by atoms with Crippen molar-refractivity contribution in [2.45, 2.75) is 25.7 Å². The van der Waals surface area contributed by atoms with Crippen LogP contribution < -0.4 is 14.8 Å². The van der Waals surface area contributed by atoms with Gasteiger partial charge < -0.3 is 10.1 Å². The summed E-state index contributed by atoms with van der Waals surface area (Å²) < 4.78 is 33.8. The summed E-state index contributed by atoms with van der Waals surface area (Å²) in [5, 5.41) is 2.66. The summed E-state index contributed by atoms with van der Waals surface area (Å²) in [4.78, 5) is 20.8. The molecule has 2 aromatic heterocycles. The van der Waals surface area contributed by atoms with E-state index in [9.17, 15) is 13.2 Å². The Balaban J connectivity index is 1.96. The second-order valence-corrected chi connectivity index (χ2v) is 8.83. The Hall–Kier alpha value is -2.98. The van der Waals surface area contributed by atoms with Crippen LogP contribution in [-0.2, 0) is 10.0 Å². The molecule has 0 saturated heterocycles. The minimum Gasteiger partial charge on any atom is -0.480 e. The van der Waals surface area contributed by atoms with Crippen molar-refractivity contribution in [1.29, 1.82) is 0 Å². The lowest BCUT2D eigenvalue weighted by Crippen LogP contribution is -2.17. The minimum atomic E-state index is -4.02. The Morgan fingerprint density at radius 2 is 1.83 bits per heavy atom. The molecule has 1 aromatic carbocycles. The number of para-hydroxylation sites is 1. The molecule has 0 aliphatic carbocycles. The third kappa shape index (κ3) is 4.38. The van der Waals surface area contributed by atoms with Gasteiger partial charge in [-0.2, -0.15) is 0 Å². The van der Waals surface area contributed by atoms with E-state index in [2.05, 4.69) is 20.0 Å². The van der Waals surface area contributed by atoms with Crippen molar-refractivity contribution in [3.05, 3.63) is 57.7 Å². The maximum absolute atomic E-state index is 13.1. The van der Waals surface area contributed by atoms with Crippen LogP contribution in [-0.4, -0.2) is 31.4 Å². The van der Waals surface area contributed by atoms with Crippen molar-refractivity contribution < 1.29 is 17.9 Å². The Labute approximate surface area is 173 Å².